The van der Waals surface area contributed by atoms with Crippen LogP contribution in [0, 0.1) is 11.6 Å². The van der Waals surface area contributed by atoms with Gasteiger partial charge in [-0.25, -0.2) is 8.78 Å². The van der Waals surface area contributed by atoms with Crippen molar-refractivity contribution in [3.63, 3.8) is 0 Å². The molecule has 0 heterocycles. The van der Waals surface area contributed by atoms with Gasteiger partial charge in [-0.2, -0.15) is 0 Å². The lowest BCUT2D eigenvalue weighted by Crippen LogP contribution is -2.02. The van der Waals surface area contributed by atoms with Crippen molar-refractivity contribution in [2.45, 2.75) is 6.42 Å². The van der Waals surface area contributed by atoms with Crippen molar-refractivity contribution in [1.29, 1.82) is 0 Å². The van der Waals surface area contributed by atoms with E-state index in [9.17, 15) is 8.78 Å². The molecule has 0 unspecified atom stereocenters. The number of benzene rings is 2. The molecule has 0 atom stereocenters. The molecule has 1 nitrogen and oxygen atoms in total. The van der Waals surface area contributed by atoms with Crippen molar-refractivity contribution in [2.75, 3.05) is 6.54 Å². The van der Waals surface area contributed by atoms with Crippen LogP contribution in [0.2, 0.25) is 0 Å². The molecule has 0 radical (unpaired) electrons. The zero-order valence-corrected chi connectivity index (χ0v) is 9.29. The fourth-order valence-corrected chi connectivity index (χ4v) is 1.74. The number of hydrogen-bond acceptors (Lipinski definition) is 1. The second-order valence-electron chi connectivity index (χ2n) is 3.86. The molecule has 88 valence electrons. The van der Waals surface area contributed by atoms with Gasteiger partial charge in [0, 0.05) is 11.6 Å². The van der Waals surface area contributed by atoms with Crippen LogP contribution < -0.4 is 5.73 Å². The van der Waals surface area contributed by atoms with Gasteiger partial charge in [0.15, 0.2) is 0 Å². The third-order valence-corrected chi connectivity index (χ3v) is 2.63. The largest absolute Gasteiger partial charge is 0.330 e. The number of rotatable bonds is 3. The van der Waals surface area contributed by atoms with Gasteiger partial charge in [-0.15, -0.1) is 0 Å². The smallest absolute Gasteiger partial charge is 0.133 e. The monoisotopic (exact) mass is 233 g/mol. The van der Waals surface area contributed by atoms with Crippen LogP contribution in [0.5, 0.6) is 0 Å². The topological polar surface area (TPSA) is 26.0 Å². The molecule has 2 aromatic rings. The molecule has 2 aromatic carbocycles. The molecule has 0 bridgehead atoms. The minimum absolute atomic E-state index is 0.408. The van der Waals surface area contributed by atoms with Gasteiger partial charge in [0.25, 0.3) is 0 Å². The molecule has 0 saturated heterocycles. The molecule has 0 saturated carbocycles. The maximum absolute atomic E-state index is 13.5. The summed E-state index contributed by atoms with van der Waals surface area (Å²) in [6.07, 6.45) is 0.798. The molecular formula is C14H13F2N. The molecule has 0 spiro atoms. The van der Waals surface area contributed by atoms with E-state index in [0.29, 0.717) is 12.1 Å². The molecule has 3 heteroatoms. The SMILES string of the molecule is NCCc1ccc(-c2ccc(F)cc2F)cc1. The van der Waals surface area contributed by atoms with Crippen molar-refractivity contribution < 1.29 is 8.78 Å². The Morgan fingerprint density at radius 2 is 1.65 bits per heavy atom. The van der Waals surface area contributed by atoms with Crippen molar-refractivity contribution in [2.24, 2.45) is 5.73 Å². The third kappa shape index (κ3) is 2.68. The fourth-order valence-electron chi connectivity index (χ4n) is 1.74. The lowest BCUT2D eigenvalue weighted by Gasteiger charge is -2.05. The predicted octanol–water partition coefficient (Wildman–Crippen LogP) is 3.13. The van der Waals surface area contributed by atoms with Crippen LogP contribution in [-0.2, 0) is 6.42 Å². The maximum atomic E-state index is 13.5. The summed E-state index contributed by atoms with van der Waals surface area (Å²) in [5.74, 6) is -1.11. The Morgan fingerprint density at radius 3 is 2.24 bits per heavy atom. The summed E-state index contributed by atoms with van der Waals surface area (Å²) in [4.78, 5) is 0. The first-order chi connectivity index (χ1) is 8.20. The average Bonchev–Trinajstić information content (AvgIpc) is 2.31. The van der Waals surface area contributed by atoms with Crippen molar-refractivity contribution in [3.05, 3.63) is 59.7 Å². The van der Waals surface area contributed by atoms with Gasteiger partial charge >= 0.3 is 0 Å². The van der Waals surface area contributed by atoms with Crippen molar-refractivity contribution in [3.8, 4) is 11.1 Å². The van der Waals surface area contributed by atoms with Crippen LogP contribution in [0.4, 0.5) is 8.78 Å². The number of hydrogen-bond donors (Lipinski definition) is 1. The van der Waals surface area contributed by atoms with Gasteiger partial charge < -0.3 is 5.73 Å². The maximum Gasteiger partial charge on any atom is 0.133 e. The van der Waals surface area contributed by atoms with E-state index in [0.717, 1.165) is 23.6 Å². The highest BCUT2D eigenvalue weighted by molar-refractivity contribution is 5.64. The van der Waals surface area contributed by atoms with Gasteiger partial charge in [0.05, 0.1) is 0 Å². The molecule has 0 fully saturated rings. The predicted molar refractivity (Wildman–Crippen MR) is 64.6 cm³/mol. The van der Waals surface area contributed by atoms with Gasteiger partial charge in [-0.05, 0) is 36.2 Å². The lowest BCUT2D eigenvalue weighted by atomic mass is 10.0. The fraction of sp³-hybridized carbons (Fsp3) is 0.143. The number of halogens is 2. The average molecular weight is 233 g/mol. The van der Waals surface area contributed by atoms with E-state index in [-0.39, 0.29) is 0 Å². The van der Waals surface area contributed by atoms with E-state index in [1.54, 1.807) is 0 Å². The second-order valence-corrected chi connectivity index (χ2v) is 3.86. The summed E-state index contributed by atoms with van der Waals surface area (Å²) < 4.78 is 26.3. The Hall–Kier alpha value is -1.74. The molecule has 2 rings (SSSR count). The van der Waals surface area contributed by atoms with E-state index in [2.05, 4.69) is 0 Å². The minimum Gasteiger partial charge on any atom is -0.330 e. The molecule has 2 N–H and O–H groups in total. The van der Waals surface area contributed by atoms with E-state index in [1.807, 2.05) is 24.3 Å². The Labute approximate surface area is 98.9 Å². The van der Waals surface area contributed by atoms with Gasteiger partial charge in [0.1, 0.15) is 11.6 Å². The van der Waals surface area contributed by atoms with Gasteiger partial charge in [0.2, 0.25) is 0 Å². The zero-order valence-electron chi connectivity index (χ0n) is 9.29. The standard InChI is InChI=1S/C14H13F2N/c15-12-5-6-13(14(16)9-12)11-3-1-10(2-4-11)7-8-17/h1-6,9H,7-8,17H2. The normalized spacial score (nSPS) is 10.5. The Kier molecular flexibility index (Phi) is 3.49. The first-order valence-corrected chi connectivity index (χ1v) is 5.45. The van der Waals surface area contributed by atoms with Gasteiger partial charge in [-0.1, -0.05) is 24.3 Å². The van der Waals surface area contributed by atoms with E-state index < -0.39 is 11.6 Å². The van der Waals surface area contributed by atoms with Gasteiger partial charge in [-0.3, -0.25) is 0 Å². The first kappa shape index (κ1) is 11.7. The molecule has 0 aliphatic rings. The Bertz CT molecular complexity index is 506. The van der Waals surface area contributed by atoms with Crippen LogP contribution in [0.3, 0.4) is 0 Å². The summed E-state index contributed by atoms with van der Waals surface area (Å²) in [5.41, 5.74) is 7.71. The third-order valence-electron chi connectivity index (χ3n) is 2.63. The van der Waals surface area contributed by atoms with E-state index in [4.69, 9.17) is 5.73 Å². The van der Waals surface area contributed by atoms with Crippen LogP contribution >= 0.6 is 0 Å². The van der Waals surface area contributed by atoms with E-state index >= 15 is 0 Å². The van der Waals surface area contributed by atoms with Crippen LogP contribution in [0.25, 0.3) is 11.1 Å². The molecular weight excluding hydrogens is 220 g/mol. The lowest BCUT2D eigenvalue weighted by molar-refractivity contribution is 0.585. The van der Waals surface area contributed by atoms with Crippen LogP contribution in [0.15, 0.2) is 42.5 Å². The molecule has 0 aliphatic carbocycles. The minimum atomic E-state index is -0.564. The molecule has 0 aromatic heterocycles. The first-order valence-electron chi connectivity index (χ1n) is 5.45. The van der Waals surface area contributed by atoms with Crippen molar-refractivity contribution in [1.82, 2.24) is 0 Å². The van der Waals surface area contributed by atoms with E-state index in [1.165, 1.54) is 12.1 Å². The summed E-state index contributed by atoms with van der Waals surface area (Å²) >= 11 is 0. The highest BCUT2D eigenvalue weighted by atomic mass is 19.1. The Morgan fingerprint density at radius 1 is 0.941 bits per heavy atom. The quantitative estimate of drug-likeness (QED) is 0.866. The Balaban J connectivity index is 2.33. The summed E-state index contributed by atoms with van der Waals surface area (Å²) in [5, 5.41) is 0. The highest BCUT2D eigenvalue weighted by Gasteiger charge is 2.05. The second kappa shape index (κ2) is 5.06. The number of nitrogens with two attached hydrogens (primary N) is 1. The van der Waals surface area contributed by atoms with Crippen LogP contribution in [-0.4, -0.2) is 6.54 Å². The van der Waals surface area contributed by atoms with Crippen molar-refractivity contribution >= 4 is 0 Å². The molecule has 0 aliphatic heterocycles. The summed E-state index contributed by atoms with van der Waals surface area (Å²) in [7, 11) is 0. The molecule has 0 amide bonds. The van der Waals surface area contributed by atoms with Crippen LogP contribution in [0.1, 0.15) is 5.56 Å². The zero-order chi connectivity index (χ0) is 12.3. The summed E-state index contributed by atoms with van der Waals surface area (Å²) in [6, 6.07) is 11.1. The molecule has 17 heavy (non-hydrogen) atoms. The summed E-state index contributed by atoms with van der Waals surface area (Å²) in [6.45, 7) is 0.588. The highest BCUT2D eigenvalue weighted by Crippen LogP contribution is 2.23.